The van der Waals surface area contributed by atoms with Gasteiger partial charge < -0.3 is 4.74 Å². The molecule has 0 aliphatic rings. The van der Waals surface area contributed by atoms with E-state index in [-0.39, 0.29) is 26.8 Å². The van der Waals surface area contributed by atoms with Gasteiger partial charge in [0.2, 0.25) is 0 Å². The molecular formula is C21H15ClFNO3S. The zero-order valence-corrected chi connectivity index (χ0v) is 16.4. The summed E-state index contributed by atoms with van der Waals surface area (Å²) in [6.45, 7) is 0. The molecule has 3 aromatic carbocycles. The van der Waals surface area contributed by atoms with Crippen LogP contribution in [0, 0.1) is 17.1 Å². The summed E-state index contributed by atoms with van der Waals surface area (Å²) in [5, 5.41) is 9.11. The van der Waals surface area contributed by atoms with Crippen molar-refractivity contribution in [3.8, 4) is 22.9 Å². The second kappa shape index (κ2) is 8.01. The van der Waals surface area contributed by atoms with Gasteiger partial charge in [-0.15, -0.1) is 0 Å². The predicted molar refractivity (Wildman–Crippen MR) is 105 cm³/mol. The molecular weight excluding hydrogens is 401 g/mol. The van der Waals surface area contributed by atoms with Crippen LogP contribution in [-0.4, -0.2) is 15.5 Å². The molecule has 3 aromatic rings. The molecule has 142 valence electrons. The van der Waals surface area contributed by atoms with Crippen molar-refractivity contribution in [1.82, 2.24) is 0 Å². The lowest BCUT2D eigenvalue weighted by Crippen LogP contribution is -2.09. The Morgan fingerprint density at radius 2 is 1.79 bits per heavy atom. The molecule has 0 aliphatic heterocycles. The van der Waals surface area contributed by atoms with Crippen molar-refractivity contribution in [3.05, 3.63) is 82.6 Å². The fraction of sp³-hybridized carbons (Fsp3) is 0.0952. The van der Waals surface area contributed by atoms with Gasteiger partial charge in [0.1, 0.15) is 10.7 Å². The van der Waals surface area contributed by atoms with Gasteiger partial charge in [-0.3, -0.25) is 0 Å². The number of halogens is 2. The summed E-state index contributed by atoms with van der Waals surface area (Å²) in [5.74, 6) is -1.30. The second-order valence-electron chi connectivity index (χ2n) is 6.03. The molecule has 7 heteroatoms. The normalized spacial score (nSPS) is 11.1. The van der Waals surface area contributed by atoms with Gasteiger partial charge in [0.15, 0.2) is 15.6 Å². The molecule has 28 heavy (non-hydrogen) atoms. The van der Waals surface area contributed by atoms with Gasteiger partial charge in [-0.2, -0.15) is 5.26 Å². The van der Waals surface area contributed by atoms with Crippen molar-refractivity contribution >= 4 is 21.4 Å². The molecule has 0 aromatic heterocycles. The molecule has 0 aliphatic carbocycles. The van der Waals surface area contributed by atoms with Gasteiger partial charge in [-0.25, -0.2) is 12.8 Å². The molecule has 0 bridgehead atoms. The van der Waals surface area contributed by atoms with Gasteiger partial charge in [0.05, 0.1) is 29.5 Å². The summed E-state index contributed by atoms with van der Waals surface area (Å²) in [6, 6.07) is 17.9. The Balaban J connectivity index is 2.07. The zero-order chi connectivity index (χ0) is 20.3. The first kappa shape index (κ1) is 19.9. The highest BCUT2D eigenvalue weighted by Gasteiger charge is 2.25. The Morgan fingerprint density at radius 1 is 1.07 bits per heavy atom. The number of nitriles is 1. The molecule has 0 saturated heterocycles. The number of methoxy groups -OCH3 is 1. The summed E-state index contributed by atoms with van der Waals surface area (Å²) in [7, 11) is -2.75. The van der Waals surface area contributed by atoms with Crippen LogP contribution in [0.3, 0.4) is 0 Å². The number of nitrogens with zero attached hydrogens (tertiary/aromatic N) is 1. The largest absolute Gasteiger partial charge is 0.494 e. The van der Waals surface area contributed by atoms with Gasteiger partial charge in [-0.1, -0.05) is 48.0 Å². The molecule has 0 saturated carbocycles. The molecule has 0 unspecified atom stereocenters. The first-order valence-electron chi connectivity index (χ1n) is 8.20. The molecule has 0 atom stereocenters. The van der Waals surface area contributed by atoms with Crippen molar-refractivity contribution in [2.75, 3.05) is 7.11 Å². The predicted octanol–water partition coefficient (Wildman–Crippen LogP) is 5.00. The number of benzene rings is 3. The number of hydrogen-bond acceptors (Lipinski definition) is 4. The lowest BCUT2D eigenvalue weighted by atomic mass is 10.0. The van der Waals surface area contributed by atoms with Gasteiger partial charge in [-0.05, 0) is 35.4 Å². The average Bonchev–Trinajstić information content (AvgIpc) is 2.69. The maximum Gasteiger partial charge on any atom is 0.186 e. The third kappa shape index (κ3) is 4.01. The fourth-order valence-electron chi connectivity index (χ4n) is 2.84. The average molecular weight is 416 g/mol. The van der Waals surface area contributed by atoms with E-state index in [4.69, 9.17) is 21.6 Å². The lowest BCUT2D eigenvalue weighted by Gasteiger charge is -2.13. The topological polar surface area (TPSA) is 67.2 Å². The third-order valence-corrected chi connectivity index (χ3v) is 6.12. The van der Waals surface area contributed by atoms with Crippen molar-refractivity contribution in [2.24, 2.45) is 0 Å². The maximum atomic E-state index is 14.4. The van der Waals surface area contributed by atoms with Crippen LogP contribution in [0.25, 0.3) is 11.1 Å². The summed E-state index contributed by atoms with van der Waals surface area (Å²) in [6.07, 6.45) is 0. The third-order valence-electron chi connectivity index (χ3n) is 4.18. The molecule has 0 amide bonds. The number of hydrogen-bond donors (Lipinski definition) is 0. The lowest BCUT2D eigenvalue weighted by molar-refractivity contribution is 0.403. The second-order valence-corrected chi connectivity index (χ2v) is 8.40. The standard InChI is InChI=1S/C21H15ClFNO3S/c1-27-21-18(22)9-14(12-24)10-20(21)28(25,26)13-17-11-16(7-8-19(17)23)15-5-3-2-4-6-15/h2-11H,13H2,1H3. The Labute approximate surface area is 167 Å². The van der Waals surface area contributed by atoms with E-state index in [0.29, 0.717) is 5.56 Å². The first-order valence-corrected chi connectivity index (χ1v) is 10.2. The molecule has 0 radical (unpaired) electrons. The van der Waals surface area contributed by atoms with Crippen molar-refractivity contribution in [1.29, 1.82) is 5.26 Å². The SMILES string of the molecule is COc1c(Cl)cc(C#N)cc1S(=O)(=O)Cc1cc(-c2ccccc2)ccc1F. The van der Waals surface area contributed by atoms with Gasteiger partial charge in [0.25, 0.3) is 0 Å². The highest BCUT2D eigenvalue weighted by molar-refractivity contribution is 7.90. The van der Waals surface area contributed by atoms with Crippen LogP contribution in [-0.2, 0) is 15.6 Å². The first-order chi connectivity index (χ1) is 13.4. The van der Waals surface area contributed by atoms with Crippen molar-refractivity contribution in [2.45, 2.75) is 10.6 Å². The zero-order valence-electron chi connectivity index (χ0n) is 14.8. The van der Waals surface area contributed by atoms with Crippen LogP contribution in [0.5, 0.6) is 5.75 Å². The molecule has 0 heterocycles. The summed E-state index contributed by atoms with van der Waals surface area (Å²) >= 11 is 6.04. The number of rotatable bonds is 5. The maximum absolute atomic E-state index is 14.4. The highest BCUT2D eigenvalue weighted by Crippen LogP contribution is 2.35. The Morgan fingerprint density at radius 3 is 2.43 bits per heavy atom. The smallest absolute Gasteiger partial charge is 0.186 e. The van der Waals surface area contributed by atoms with Crippen LogP contribution in [0.1, 0.15) is 11.1 Å². The minimum Gasteiger partial charge on any atom is -0.494 e. The van der Waals surface area contributed by atoms with Crippen LogP contribution in [0.2, 0.25) is 5.02 Å². The number of ether oxygens (including phenoxy) is 1. The van der Waals surface area contributed by atoms with E-state index in [9.17, 15) is 12.8 Å². The minimum absolute atomic E-state index is 0.00127. The monoisotopic (exact) mass is 415 g/mol. The fourth-order valence-corrected chi connectivity index (χ4v) is 4.76. The van der Waals surface area contributed by atoms with E-state index in [1.54, 1.807) is 6.07 Å². The quantitative estimate of drug-likeness (QED) is 0.588. The van der Waals surface area contributed by atoms with E-state index in [1.807, 2.05) is 36.4 Å². The van der Waals surface area contributed by atoms with E-state index < -0.39 is 21.4 Å². The minimum atomic E-state index is -4.03. The van der Waals surface area contributed by atoms with Gasteiger partial charge >= 0.3 is 0 Å². The Kier molecular flexibility index (Phi) is 5.68. The van der Waals surface area contributed by atoms with E-state index in [0.717, 1.165) is 5.56 Å². The van der Waals surface area contributed by atoms with Crippen LogP contribution in [0.15, 0.2) is 65.6 Å². The molecule has 0 fully saturated rings. The summed E-state index contributed by atoms with van der Waals surface area (Å²) in [5.41, 5.74) is 1.63. The van der Waals surface area contributed by atoms with Crippen molar-refractivity contribution in [3.63, 3.8) is 0 Å². The van der Waals surface area contributed by atoms with Crippen LogP contribution in [0.4, 0.5) is 4.39 Å². The van der Waals surface area contributed by atoms with Gasteiger partial charge in [0, 0.05) is 5.56 Å². The molecule has 0 N–H and O–H groups in total. The molecule has 0 spiro atoms. The van der Waals surface area contributed by atoms with Crippen LogP contribution >= 0.6 is 11.6 Å². The molecule has 3 rings (SSSR count). The highest BCUT2D eigenvalue weighted by atomic mass is 35.5. The molecule has 4 nitrogen and oxygen atoms in total. The summed E-state index contributed by atoms with van der Waals surface area (Å²) < 4.78 is 45.4. The Bertz CT molecular complexity index is 1170. The number of sulfone groups is 1. The summed E-state index contributed by atoms with van der Waals surface area (Å²) in [4.78, 5) is -0.247. The van der Waals surface area contributed by atoms with E-state index in [1.165, 1.54) is 31.4 Å². The van der Waals surface area contributed by atoms with Crippen LogP contribution < -0.4 is 4.74 Å². The Hall–Kier alpha value is -2.88. The van der Waals surface area contributed by atoms with Crippen molar-refractivity contribution < 1.29 is 17.5 Å². The van der Waals surface area contributed by atoms with E-state index in [2.05, 4.69) is 0 Å². The van der Waals surface area contributed by atoms with E-state index >= 15 is 0 Å².